The molecule has 0 heterocycles. The summed E-state index contributed by atoms with van der Waals surface area (Å²) >= 11 is 14.1. The first-order valence-corrected chi connectivity index (χ1v) is 9.09. The molecule has 110 valence electrons. The lowest BCUT2D eigenvalue weighted by Crippen LogP contribution is -2.56. The van der Waals surface area contributed by atoms with E-state index in [0.29, 0.717) is 4.83 Å². The average Bonchev–Trinajstić information content (AvgIpc) is 2.29. The number of alkyl halides is 3. The zero-order valence-electron chi connectivity index (χ0n) is 12.0. The summed E-state index contributed by atoms with van der Waals surface area (Å²) in [6, 6.07) is 0. The highest BCUT2D eigenvalue weighted by atomic mass is 79.9. The largest absolute Gasteiger partial charge is 0.388 e. The molecule has 0 aromatic rings. The molecule has 1 fully saturated rings. The molecular weight excluding hydrogens is 391 g/mol. The van der Waals surface area contributed by atoms with Crippen LogP contribution >= 0.6 is 43.5 Å². The molecule has 1 nitrogen and oxygen atoms in total. The molecule has 0 aromatic heterocycles. The van der Waals surface area contributed by atoms with Crippen LogP contribution in [0, 0.1) is 10.8 Å². The summed E-state index contributed by atoms with van der Waals surface area (Å²) in [6.07, 6.45) is 4.73. The summed E-state index contributed by atoms with van der Waals surface area (Å²) in [4.78, 5) is 0.218. The zero-order valence-corrected chi connectivity index (χ0v) is 15.9. The summed E-state index contributed by atoms with van der Waals surface area (Å²) in [5.41, 5.74) is 1.44. The minimum atomic E-state index is -0.404. The van der Waals surface area contributed by atoms with Crippen molar-refractivity contribution in [2.75, 3.05) is 0 Å². The first kappa shape index (κ1) is 16.3. The number of hydrogen-bond donors (Lipinski definition) is 1. The molecule has 1 N–H and O–H groups in total. The van der Waals surface area contributed by atoms with Crippen molar-refractivity contribution in [3.63, 3.8) is 0 Å². The molecule has 0 saturated heterocycles. The van der Waals surface area contributed by atoms with Crippen LogP contribution in [-0.4, -0.2) is 25.7 Å². The van der Waals surface area contributed by atoms with Crippen LogP contribution in [0.4, 0.5) is 0 Å². The molecule has 1 saturated carbocycles. The van der Waals surface area contributed by atoms with Crippen LogP contribution in [0.25, 0.3) is 0 Å². The maximum Gasteiger partial charge on any atom is 0.0854 e. The SMILES string of the molecule is CC1=CC(O)C(Br)C(C)(C)C12CCC(C)(Cl)C(Br)C2. The van der Waals surface area contributed by atoms with Crippen LogP contribution in [0.2, 0.25) is 0 Å². The number of allylic oxidation sites excluding steroid dienone is 1. The summed E-state index contributed by atoms with van der Waals surface area (Å²) in [7, 11) is 0. The van der Waals surface area contributed by atoms with Gasteiger partial charge in [-0.05, 0) is 43.9 Å². The highest BCUT2D eigenvalue weighted by molar-refractivity contribution is 9.09. The maximum absolute atomic E-state index is 10.2. The third kappa shape index (κ3) is 2.37. The number of aliphatic hydroxyl groups is 1. The lowest BCUT2D eigenvalue weighted by molar-refractivity contribution is 0.0124. The molecule has 2 aliphatic carbocycles. The summed E-state index contributed by atoms with van der Waals surface area (Å²) < 4.78 is 0. The van der Waals surface area contributed by atoms with Gasteiger partial charge in [0.15, 0.2) is 0 Å². The standard InChI is InChI=1S/C15H23Br2ClO/c1-9-7-10(19)12(17)13(2,3)15(9)6-5-14(4,18)11(16)8-15/h7,10-12,19H,5-6,8H2,1-4H3. The van der Waals surface area contributed by atoms with Crippen LogP contribution in [0.5, 0.6) is 0 Å². The topological polar surface area (TPSA) is 20.2 Å². The van der Waals surface area contributed by atoms with Gasteiger partial charge in [-0.1, -0.05) is 57.4 Å². The predicted octanol–water partition coefficient (Wildman–Crippen LogP) is 5.03. The second-order valence-corrected chi connectivity index (χ2v) is 9.95. The van der Waals surface area contributed by atoms with Crippen molar-refractivity contribution in [3.05, 3.63) is 11.6 Å². The van der Waals surface area contributed by atoms with E-state index < -0.39 is 6.10 Å². The predicted molar refractivity (Wildman–Crippen MR) is 89.5 cm³/mol. The highest BCUT2D eigenvalue weighted by Gasteiger charge is 2.58. The first-order valence-electron chi connectivity index (χ1n) is 6.89. The first-order chi connectivity index (χ1) is 8.54. The van der Waals surface area contributed by atoms with Crippen molar-refractivity contribution in [2.24, 2.45) is 10.8 Å². The molecule has 0 amide bonds. The van der Waals surface area contributed by atoms with Crippen molar-refractivity contribution in [1.82, 2.24) is 0 Å². The fourth-order valence-corrected chi connectivity index (χ4v) is 5.42. The third-order valence-electron chi connectivity index (χ3n) is 5.62. The minimum absolute atomic E-state index is 0.00462. The Morgan fingerprint density at radius 2 is 1.84 bits per heavy atom. The monoisotopic (exact) mass is 412 g/mol. The third-order valence-corrected chi connectivity index (χ3v) is 9.36. The van der Waals surface area contributed by atoms with E-state index in [9.17, 15) is 5.11 Å². The van der Waals surface area contributed by atoms with Crippen LogP contribution in [0.1, 0.15) is 47.0 Å². The molecular formula is C15H23Br2ClO. The van der Waals surface area contributed by atoms with Crippen molar-refractivity contribution in [2.45, 2.75) is 67.6 Å². The number of hydrogen-bond acceptors (Lipinski definition) is 1. The minimum Gasteiger partial charge on any atom is -0.388 e. The second kappa shape index (κ2) is 5.00. The summed E-state index contributed by atoms with van der Waals surface area (Å²) in [6.45, 7) is 8.82. The van der Waals surface area contributed by atoms with Gasteiger partial charge in [0.2, 0.25) is 0 Å². The van der Waals surface area contributed by atoms with Gasteiger partial charge in [-0.2, -0.15) is 0 Å². The summed E-state index contributed by atoms with van der Waals surface area (Å²) in [5, 5.41) is 10.2. The lowest BCUT2D eigenvalue weighted by Gasteiger charge is -2.59. The van der Waals surface area contributed by atoms with Crippen molar-refractivity contribution >= 4 is 43.5 Å². The van der Waals surface area contributed by atoms with Crippen LogP contribution in [0.3, 0.4) is 0 Å². The van der Waals surface area contributed by atoms with E-state index >= 15 is 0 Å². The Morgan fingerprint density at radius 3 is 2.37 bits per heavy atom. The molecule has 0 aliphatic heterocycles. The quantitative estimate of drug-likeness (QED) is 0.435. The van der Waals surface area contributed by atoms with Gasteiger partial charge in [-0.3, -0.25) is 0 Å². The van der Waals surface area contributed by atoms with Gasteiger partial charge in [-0.25, -0.2) is 0 Å². The molecule has 19 heavy (non-hydrogen) atoms. The molecule has 0 radical (unpaired) electrons. The Kier molecular flexibility index (Phi) is 4.29. The van der Waals surface area contributed by atoms with Crippen molar-refractivity contribution in [1.29, 1.82) is 0 Å². The van der Waals surface area contributed by atoms with Crippen molar-refractivity contribution in [3.8, 4) is 0 Å². The second-order valence-electron chi connectivity index (χ2n) is 7.00. The lowest BCUT2D eigenvalue weighted by atomic mass is 9.50. The smallest absolute Gasteiger partial charge is 0.0854 e. The Morgan fingerprint density at radius 1 is 1.26 bits per heavy atom. The summed E-state index contributed by atoms with van der Waals surface area (Å²) in [5.74, 6) is 0. The Labute approximate surface area is 138 Å². The normalized spacial score (nSPS) is 50.1. The highest BCUT2D eigenvalue weighted by Crippen LogP contribution is 2.63. The number of aliphatic hydroxyl groups excluding tert-OH is 1. The van der Waals surface area contributed by atoms with Gasteiger partial charge in [-0.15, -0.1) is 11.6 Å². The number of halogens is 3. The Hall–Kier alpha value is 0.950. The van der Waals surface area contributed by atoms with Gasteiger partial charge in [0.1, 0.15) is 0 Å². The van der Waals surface area contributed by atoms with E-state index in [-0.39, 0.29) is 20.5 Å². The fraction of sp³-hybridized carbons (Fsp3) is 0.867. The van der Waals surface area contributed by atoms with E-state index in [1.807, 2.05) is 6.08 Å². The Bertz CT molecular complexity index is 405. The van der Waals surface area contributed by atoms with E-state index in [1.165, 1.54) is 5.57 Å². The van der Waals surface area contributed by atoms with Crippen LogP contribution in [0.15, 0.2) is 11.6 Å². The maximum atomic E-state index is 10.2. The molecule has 0 aromatic carbocycles. The van der Waals surface area contributed by atoms with Crippen LogP contribution in [-0.2, 0) is 0 Å². The van der Waals surface area contributed by atoms with E-state index in [1.54, 1.807) is 0 Å². The van der Waals surface area contributed by atoms with E-state index in [2.05, 4.69) is 59.6 Å². The molecule has 4 heteroatoms. The van der Waals surface area contributed by atoms with Gasteiger partial charge < -0.3 is 5.11 Å². The number of rotatable bonds is 0. The fourth-order valence-electron chi connectivity index (χ4n) is 3.88. The molecule has 5 atom stereocenters. The molecule has 2 rings (SSSR count). The zero-order chi connectivity index (χ0) is 14.6. The van der Waals surface area contributed by atoms with E-state index in [4.69, 9.17) is 11.6 Å². The van der Waals surface area contributed by atoms with Crippen molar-refractivity contribution < 1.29 is 5.11 Å². The van der Waals surface area contributed by atoms with Gasteiger partial charge in [0, 0.05) is 4.83 Å². The van der Waals surface area contributed by atoms with Crippen LogP contribution < -0.4 is 0 Å². The molecule has 1 spiro atoms. The average molecular weight is 415 g/mol. The van der Waals surface area contributed by atoms with E-state index in [0.717, 1.165) is 19.3 Å². The van der Waals surface area contributed by atoms with Gasteiger partial charge in [0.25, 0.3) is 0 Å². The molecule has 2 aliphatic rings. The Balaban J connectivity index is 2.45. The van der Waals surface area contributed by atoms with Gasteiger partial charge >= 0.3 is 0 Å². The van der Waals surface area contributed by atoms with Gasteiger partial charge in [0.05, 0.1) is 15.8 Å². The molecule has 5 unspecified atom stereocenters. The molecule has 0 bridgehead atoms.